The number of rotatable bonds is 9. The molecule has 2 aromatic rings. The van der Waals surface area contributed by atoms with Crippen LogP contribution in [0.3, 0.4) is 0 Å². The van der Waals surface area contributed by atoms with Crippen molar-refractivity contribution < 1.29 is 23.8 Å². The van der Waals surface area contributed by atoms with E-state index in [0.717, 1.165) is 5.69 Å². The van der Waals surface area contributed by atoms with E-state index in [4.69, 9.17) is 11.6 Å². The number of fused-ring (bicyclic) bond motifs is 1. The zero-order chi connectivity index (χ0) is 25.5. The average Bonchev–Trinajstić information content (AvgIpc) is 2.86. The highest BCUT2D eigenvalue weighted by molar-refractivity contribution is 6.30. The number of hydrogen-bond donors (Lipinski definition) is 2. The molecule has 0 spiro atoms. The Hall–Kier alpha value is -4.04. The number of amides is 5. The fraction of sp³-hybridized carbons (Fsp3) is 0.222. The first kappa shape index (κ1) is 25.1. The van der Waals surface area contributed by atoms with E-state index in [9.17, 15) is 19.2 Å². The van der Waals surface area contributed by atoms with Gasteiger partial charge in [-0.05, 0) is 49.2 Å². The van der Waals surface area contributed by atoms with Gasteiger partial charge in [0, 0.05) is 22.8 Å². The predicted molar refractivity (Wildman–Crippen MR) is 138 cm³/mol. The molecule has 1 atom stereocenters. The van der Waals surface area contributed by atoms with Gasteiger partial charge in [0.2, 0.25) is 5.91 Å². The number of unbranched alkanes of at least 4 members (excludes halogenated alkanes) is 1. The fourth-order valence-electron chi connectivity index (χ4n) is 4.09. The predicted octanol–water partition coefficient (Wildman–Crippen LogP) is 4.25. The molecule has 1 heterocycles. The van der Waals surface area contributed by atoms with Crippen LogP contribution in [-0.2, 0) is 14.4 Å². The second-order valence-corrected chi connectivity index (χ2v) is 8.87. The SMILES string of the molecule is O=C(CCCCN1C(=O)C2C=CC=CC2=[N+](CC(=O)Nc2cccc(Cl)c2)C1=O)Nc1ccccc1. The summed E-state index contributed by atoms with van der Waals surface area (Å²) in [6.07, 6.45) is 8.10. The second-order valence-electron chi connectivity index (χ2n) is 8.43. The first-order valence-corrected chi connectivity index (χ1v) is 12.0. The molecule has 0 saturated carbocycles. The molecule has 0 aromatic heterocycles. The average molecular weight is 506 g/mol. The number of allylic oxidation sites excluding steroid dienone is 3. The third-order valence-electron chi connectivity index (χ3n) is 5.81. The van der Waals surface area contributed by atoms with Crippen molar-refractivity contribution in [1.82, 2.24) is 4.90 Å². The van der Waals surface area contributed by atoms with Gasteiger partial charge in [-0.3, -0.25) is 9.59 Å². The number of hydrogen-bond acceptors (Lipinski definition) is 4. The maximum absolute atomic E-state index is 13.3. The van der Waals surface area contributed by atoms with Crippen LogP contribution in [0, 0.1) is 5.92 Å². The van der Waals surface area contributed by atoms with E-state index in [1.807, 2.05) is 18.2 Å². The van der Waals surface area contributed by atoms with Crippen LogP contribution in [0.25, 0.3) is 0 Å². The molecule has 1 unspecified atom stereocenters. The molecule has 1 aliphatic heterocycles. The van der Waals surface area contributed by atoms with Crippen molar-refractivity contribution in [3.63, 3.8) is 0 Å². The Morgan fingerprint density at radius 2 is 1.67 bits per heavy atom. The molecule has 8 nitrogen and oxygen atoms in total. The summed E-state index contributed by atoms with van der Waals surface area (Å²) in [7, 11) is 0. The Kier molecular flexibility index (Phi) is 8.07. The van der Waals surface area contributed by atoms with Crippen LogP contribution in [0.1, 0.15) is 19.3 Å². The summed E-state index contributed by atoms with van der Waals surface area (Å²) in [5, 5.41) is 6.03. The summed E-state index contributed by atoms with van der Waals surface area (Å²) in [5.74, 6) is -1.52. The molecule has 4 rings (SSSR count). The first-order valence-electron chi connectivity index (χ1n) is 11.7. The van der Waals surface area contributed by atoms with Gasteiger partial charge in [0.1, 0.15) is 11.6 Å². The lowest BCUT2D eigenvalue weighted by molar-refractivity contribution is -0.427. The number of anilines is 2. The number of carbonyl (C=O) groups excluding carboxylic acids is 4. The van der Waals surface area contributed by atoms with E-state index in [1.165, 1.54) is 9.48 Å². The van der Waals surface area contributed by atoms with Crippen LogP contribution in [0.2, 0.25) is 5.02 Å². The Bertz CT molecular complexity index is 1270. The van der Waals surface area contributed by atoms with E-state index in [1.54, 1.807) is 60.7 Å². The number of benzene rings is 2. The van der Waals surface area contributed by atoms with E-state index in [0.29, 0.717) is 29.3 Å². The fourth-order valence-corrected chi connectivity index (χ4v) is 4.28. The summed E-state index contributed by atoms with van der Waals surface area (Å²) in [6, 6.07) is 15.3. The van der Waals surface area contributed by atoms with Crippen LogP contribution in [0.4, 0.5) is 16.2 Å². The topological polar surface area (TPSA) is 98.6 Å². The third kappa shape index (κ3) is 6.14. The van der Waals surface area contributed by atoms with Gasteiger partial charge in [0.25, 0.3) is 5.91 Å². The maximum Gasteiger partial charge on any atom is 0.501 e. The number of halogens is 1. The first-order chi connectivity index (χ1) is 17.4. The van der Waals surface area contributed by atoms with E-state index in [-0.39, 0.29) is 31.3 Å². The normalized spacial score (nSPS) is 16.7. The molecule has 2 N–H and O–H groups in total. The van der Waals surface area contributed by atoms with Gasteiger partial charge in [0.05, 0.1) is 6.54 Å². The summed E-state index contributed by atoms with van der Waals surface area (Å²) in [5.41, 5.74) is 1.70. The molecule has 184 valence electrons. The second kappa shape index (κ2) is 11.6. The van der Waals surface area contributed by atoms with Crippen molar-refractivity contribution in [3.05, 3.63) is 83.9 Å². The molecule has 9 heteroatoms. The van der Waals surface area contributed by atoms with Gasteiger partial charge in [-0.1, -0.05) is 54.1 Å². The molecule has 0 fully saturated rings. The number of imide groups is 1. The molecule has 2 aromatic carbocycles. The van der Waals surface area contributed by atoms with E-state index >= 15 is 0 Å². The molecule has 0 bridgehead atoms. The Balaban J connectivity index is 1.38. The smallest absolute Gasteiger partial charge is 0.326 e. The molecular weight excluding hydrogens is 480 g/mol. The highest BCUT2D eigenvalue weighted by Crippen LogP contribution is 2.21. The van der Waals surface area contributed by atoms with Crippen LogP contribution >= 0.6 is 11.6 Å². The highest BCUT2D eigenvalue weighted by atomic mass is 35.5. The van der Waals surface area contributed by atoms with E-state index < -0.39 is 17.9 Å². The summed E-state index contributed by atoms with van der Waals surface area (Å²) >= 11 is 5.98. The van der Waals surface area contributed by atoms with Crippen LogP contribution in [0.15, 0.2) is 78.9 Å². The van der Waals surface area contributed by atoms with Gasteiger partial charge in [-0.25, -0.2) is 4.79 Å². The largest absolute Gasteiger partial charge is 0.501 e. The lowest BCUT2D eigenvalue weighted by atomic mass is 9.94. The number of carbonyl (C=O) groups is 4. The quantitative estimate of drug-likeness (QED) is 0.393. The zero-order valence-electron chi connectivity index (χ0n) is 19.5. The molecule has 0 saturated heterocycles. The minimum absolute atomic E-state index is 0.132. The number of nitrogens with zero attached hydrogens (tertiary/aromatic N) is 2. The third-order valence-corrected chi connectivity index (χ3v) is 6.04. The minimum atomic E-state index is -0.645. The maximum atomic E-state index is 13.3. The minimum Gasteiger partial charge on any atom is -0.326 e. The Morgan fingerprint density at radius 1 is 0.917 bits per heavy atom. The Labute approximate surface area is 213 Å². The monoisotopic (exact) mass is 505 g/mol. The van der Waals surface area contributed by atoms with Crippen molar-refractivity contribution >= 4 is 52.4 Å². The van der Waals surface area contributed by atoms with Crippen LogP contribution in [0.5, 0.6) is 0 Å². The summed E-state index contributed by atoms with van der Waals surface area (Å²) in [6.45, 7) is -0.0946. The lowest BCUT2D eigenvalue weighted by Gasteiger charge is -2.26. The molecule has 5 amide bonds. The van der Waals surface area contributed by atoms with E-state index in [2.05, 4.69) is 10.6 Å². The van der Waals surface area contributed by atoms with Crippen molar-refractivity contribution in [2.24, 2.45) is 5.92 Å². The van der Waals surface area contributed by atoms with Gasteiger partial charge < -0.3 is 10.6 Å². The van der Waals surface area contributed by atoms with Crippen molar-refractivity contribution in [2.45, 2.75) is 19.3 Å². The molecule has 36 heavy (non-hydrogen) atoms. The summed E-state index contributed by atoms with van der Waals surface area (Å²) < 4.78 is 1.33. The van der Waals surface area contributed by atoms with Crippen molar-refractivity contribution in [2.75, 3.05) is 23.7 Å². The molecule has 0 radical (unpaired) electrons. The lowest BCUT2D eigenvalue weighted by Crippen LogP contribution is -2.55. The van der Waals surface area contributed by atoms with Crippen molar-refractivity contribution in [3.8, 4) is 0 Å². The Morgan fingerprint density at radius 3 is 2.44 bits per heavy atom. The molecular formula is C27H26ClN4O4+. The van der Waals surface area contributed by atoms with Gasteiger partial charge in [-0.15, -0.1) is 0 Å². The number of urea groups is 1. The standard InChI is InChI=1S/C27H25ClN4O4/c28-19-9-8-12-21(17-19)30-25(34)18-32-23-14-5-4-13-22(23)26(35)31(27(32)36)16-7-6-15-24(33)29-20-10-2-1-3-11-20/h1-5,8-14,17,22H,6-7,15-16,18H2,(H-,29,30,33,34)/p+1. The van der Waals surface area contributed by atoms with Crippen LogP contribution in [-0.4, -0.2) is 52.0 Å². The number of nitrogens with one attached hydrogen (secondary N) is 2. The molecule has 2 aliphatic rings. The van der Waals surface area contributed by atoms with Crippen molar-refractivity contribution in [1.29, 1.82) is 0 Å². The van der Waals surface area contributed by atoms with Gasteiger partial charge in [0.15, 0.2) is 6.54 Å². The molecule has 1 aliphatic carbocycles. The van der Waals surface area contributed by atoms with Crippen LogP contribution < -0.4 is 10.6 Å². The highest BCUT2D eigenvalue weighted by Gasteiger charge is 2.46. The van der Waals surface area contributed by atoms with Gasteiger partial charge >= 0.3 is 11.9 Å². The zero-order valence-corrected chi connectivity index (χ0v) is 20.3. The number of para-hydroxylation sites is 1. The van der Waals surface area contributed by atoms with Gasteiger partial charge in [-0.2, -0.15) is 14.3 Å². The summed E-state index contributed by atoms with van der Waals surface area (Å²) in [4.78, 5) is 52.4.